The quantitative estimate of drug-likeness (QED) is 0.656. The van der Waals surface area contributed by atoms with E-state index in [9.17, 15) is 0 Å². The molecule has 1 saturated carbocycles. The Kier molecular flexibility index (Phi) is 7.03. The van der Waals surface area contributed by atoms with Crippen LogP contribution in [0.5, 0.6) is 0 Å². The fraction of sp³-hybridized carbons (Fsp3) is 1.00. The topological polar surface area (TPSA) is 21.3 Å². The fourth-order valence-corrected chi connectivity index (χ4v) is 2.30. The van der Waals surface area contributed by atoms with Crippen LogP contribution in [-0.2, 0) is 4.74 Å². The zero-order valence-corrected chi connectivity index (χ0v) is 10.4. The van der Waals surface area contributed by atoms with Gasteiger partial charge in [-0.3, -0.25) is 0 Å². The first-order valence-electron chi connectivity index (χ1n) is 6.68. The second-order valence-corrected chi connectivity index (χ2v) is 4.77. The van der Waals surface area contributed by atoms with Crippen molar-refractivity contribution in [2.75, 3.05) is 13.2 Å². The van der Waals surface area contributed by atoms with Crippen molar-refractivity contribution in [2.45, 2.75) is 70.9 Å². The summed E-state index contributed by atoms with van der Waals surface area (Å²) in [5.74, 6) is 0. The van der Waals surface area contributed by atoms with Gasteiger partial charge in [-0.15, -0.1) is 0 Å². The SMILES string of the molecule is CCCC(C)NCCOC1CCCCC1. The van der Waals surface area contributed by atoms with E-state index in [0.717, 1.165) is 13.2 Å². The lowest BCUT2D eigenvalue weighted by Crippen LogP contribution is -2.30. The fourth-order valence-electron chi connectivity index (χ4n) is 2.30. The summed E-state index contributed by atoms with van der Waals surface area (Å²) >= 11 is 0. The zero-order valence-electron chi connectivity index (χ0n) is 10.4. The minimum Gasteiger partial charge on any atom is -0.377 e. The van der Waals surface area contributed by atoms with Crippen molar-refractivity contribution in [3.63, 3.8) is 0 Å². The summed E-state index contributed by atoms with van der Waals surface area (Å²) in [5, 5.41) is 3.50. The number of nitrogens with one attached hydrogen (secondary N) is 1. The Hall–Kier alpha value is -0.0800. The van der Waals surface area contributed by atoms with Crippen molar-refractivity contribution in [3.8, 4) is 0 Å². The van der Waals surface area contributed by atoms with E-state index in [4.69, 9.17) is 4.74 Å². The summed E-state index contributed by atoms with van der Waals surface area (Å²) in [4.78, 5) is 0. The maximum atomic E-state index is 5.85. The highest BCUT2D eigenvalue weighted by molar-refractivity contribution is 4.65. The van der Waals surface area contributed by atoms with Crippen molar-refractivity contribution in [2.24, 2.45) is 0 Å². The van der Waals surface area contributed by atoms with Crippen molar-refractivity contribution in [1.29, 1.82) is 0 Å². The molecule has 0 aromatic rings. The smallest absolute Gasteiger partial charge is 0.0594 e. The van der Waals surface area contributed by atoms with Gasteiger partial charge in [0.25, 0.3) is 0 Å². The molecule has 0 radical (unpaired) electrons. The lowest BCUT2D eigenvalue weighted by atomic mass is 9.98. The highest BCUT2D eigenvalue weighted by atomic mass is 16.5. The standard InChI is InChI=1S/C13H27NO/c1-3-7-12(2)14-10-11-15-13-8-5-4-6-9-13/h12-14H,3-11H2,1-2H3. The molecule has 1 fully saturated rings. The normalized spacial score (nSPS) is 20.4. The highest BCUT2D eigenvalue weighted by Gasteiger charge is 2.13. The van der Waals surface area contributed by atoms with Gasteiger partial charge in [-0.05, 0) is 26.2 Å². The molecular formula is C13H27NO. The van der Waals surface area contributed by atoms with E-state index in [0.29, 0.717) is 12.1 Å². The summed E-state index contributed by atoms with van der Waals surface area (Å²) in [6.07, 6.45) is 9.79. The molecule has 15 heavy (non-hydrogen) atoms. The van der Waals surface area contributed by atoms with Crippen LogP contribution in [-0.4, -0.2) is 25.3 Å². The predicted molar refractivity (Wildman–Crippen MR) is 65.2 cm³/mol. The maximum Gasteiger partial charge on any atom is 0.0594 e. The van der Waals surface area contributed by atoms with Crippen LogP contribution in [0.25, 0.3) is 0 Å². The van der Waals surface area contributed by atoms with Crippen molar-refractivity contribution >= 4 is 0 Å². The second kappa shape index (κ2) is 8.12. The Morgan fingerprint density at radius 1 is 1.27 bits per heavy atom. The summed E-state index contributed by atoms with van der Waals surface area (Å²) in [7, 11) is 0. The van der Waals surface area contributed by atoms with E-state index < -0.39 is 0 Å². The molecule has 0 heterocycles. The first kappa shape index (κ1) is 13.0. The van der Waals surface area contributed by atoms with Crippen LogP contribution in [0.2, 0.25) is 0 Å². The van der Waals surface area contributed by atoms with Crippen molar-refractivity contribution < 1.29 is 4.74 Å². The Morgan fingerprint density at radius 2 is 2.00 bits per heavy atom. The predicted octanol–water partition coefficient (Wildman–Crippen LogP) is 3.11. The molecule has 2 nitrogen and oxygen atoms in total. The molecule has 1 unspecified atom stereocenters. The summed E-state index contributed by atoms with van der Waals surface area (Å²) in [5.41, 5.74) is 0. The Bertz CT molecular complexity index is 143. The number of hydrogen-bond acceptors (Lipinski definition) is 2. The highest BCUT2D eigenvalue weighted by Crippen LogP contribution is 2.19. The first-order chi connectivity index (χ1) is 7.33. The molecule has 0 saturated heterocycles. The van der Waals surface area contributed by atoms with Gasteiger partial charge >= 0.3 is 0 Å². The Balaban J connectivity index is 1.91. The van der Waals surface area contributed by atoms with E-state index in [1.54, 1.807) is 0 Å². The molecule has 0 amide bonds. The first-order valence-corrected chi connectivity index (χ1v) is 6.68. The molecule has 0 aromatic carbocycles. The third kappa shape index (κ3) is 6.16. The molecular weight excluding hydrogens is 186 g/mol. The number of hydrogen-bond donors (Lipinski definition) is 1. The van der Waals surface area contributed by atoms with E-state index in [1.165, 1.54) is 44.9 Å². The average molecular weight is 213 g/mol. The molecule has 0 spiro atoms. The van der Waals surface area contributed by atoms with E-state index in [2.05, 4.69) is 19.2 Å². The molecule has 1 rings (SSSR count). The second-order valence-electron chi connectivity index (χ2n) is 4.77. The lowest BCUT2D eigenvalue weighted by Gasteiger charge is -2.22. The minimum absolute atomic E-state index is 0.557. The zero-order chi connectivity index (χ0) is 10.9. The molecule has 1 aliphatic carbocycles. The van der Waals surface area contributed by atoms with Crippen LogP contribution in [0.3, 0.4) is 0 Å². The van der Waals surface area contributed by atoms with Crippen LogP contribution < -0.4 is 5.32 Å². The Morgan fingerprint density at radius 3 is 2.67 bits per heavy atom. The van der Waals surface area contributed by atoms with Crippen LogP contribution in [0.4, 0.5) is 0 Å². The molecule has 90 valence electrons. The minimum atomic E-state index is 0.557. The van der Waals surface area contributed by atoms with E-state index >= 15 is 0 Å². The molecule has 1 aliphatic rings. The average Bonchev–Trinajstić information content (AvgIpc) is 2.26. The maximum absolute atomic E-state index is 5.85. The van der Waals surface area contributed by atoms with Crippen LogP contribution in [0.1, 0.15) is 58.8 Å². The molecule has 1 N–H and O–H groups in total. The summed E-state index contributed by atoms with van der Waals surface area (Å²) in [6.45, 7) is 6.39. The van der Waals surface area contributed by atoms with Gasteiger partial charge in [0.05, 0.1) is 12.7 Å². The van der Waals surface area contributed by atoms with Gasteiger partial charge in [0.15, 0.2) is 0 Å². The van der Waals surface area contributed by atoms with E-state index in [1.807, 2.05) is 0 Å². The molecule has 2 heteroatoms. The van der Waals surface area contributed by atoms with Gasteiger partial charge in [0, 0.05) is 12.6 Å². The number of ether oxygens (including phenoxy) is 1. The van der Waals surface area contributed by atoms with Crippen LogP contribution >= 0.6 is 0 Å². The van der Waals surface area contributed by atoms with Gasteiger partial charge < -0.3 is 10.1 Å². The van der Waals surface area contributed by atoms with Crippen LogP contribution in [0, 0.1) is 0 Å². The van der Waals surface area contributed by atoms with Gasteiger partial charge in [0.2, 0.25) is 0 Å². The van der Waals surface area contributed by atoms with Gasteiger partial charge in [-0.25, -0.2) is 0 Å². The molecule has 1 atom stereocenters. The van der Waals surface area contributed by atoms with Gasteiger partial charge in [-0.2, -0.15) is 0 Å². The monoisotopic (exact) mass is 213 g/mol. The van der Waals surface area contributed by atoms with Crippen LogP contribution in [0.15, 0.2) is 0 Å². The van der Waals surface area contributed by atoms with E-state index in [-0.39, 0.29) is 0 Å². The number of rotatable bonds is 7. The summed E-state index contributed by atoms with van der Waals surface area (Å²) < 4.78 is 5.85. The van der Waals surface area contributed by atoms with Crippen molar-refractivity contribution in [3.05, 3.63) is 0 Å². The third-order valence-electron chi connectivity index (χ3n) is 3.22. The largest absolute Gasteiger partial charge is 0.377 e. The molecule has 0 aliphatic heterocycles. The Labute approximate surface area is 94.8 Å². The molecule has 0 aromatic heterocycles. The molecule has 0 bridgehead atoms. The van der Waals surface area contributed by atoms with Gasteiger partial charge in [-0.1, -0.05) is 32.6 Å². The summed E-state index contributed by atoms with van der Waals surface area (Å²) in [6, 6.07) is 0.643. The third-order valence-corrected chi connectivity index (χ3v) is 3.22. The van der Waals surface area contributed by atoms with Gasteiger partial charge in [0.1, 0.15) is 0 Å². The lowest BCUT2D eigenvalue weighted by molar-refractivity contribution is 0.0294. The van der Waals surface area contributed by atoms with Crippen molar-refractivity contribution in [1.82, 2.24) is 5.32 Å².